The number of sulfone groups is 1. The molecule has 0 aromatic heterocycles. The number of rotatable bonds is 6. The van der Waals surface area contributed by atoms with E-state index < -0.39 is 38.8 Å². The number of hydrogen-bond acceptors (Lipinski definition) is 7. The number of esters is 1. The number of allylic oxidation sites excluding steroid dienone is 1. The second-order valence-corrected chi connectivity index (χ2v) is 12.6. The highest BCUT2D eigenvalue weighted by Crippen LogP contribution is 2.58. The fourth-order valence-electron chi connectivity index (χ4n) is 4.41. The fraction of sp³-hybridized carbons (Fsp3) is 0.583. The molecular weight excluding hydrogens is 482 g/mol. The second kappa shape index (κ2) is 9.40. The summed E-state index contributed by atoms with van der Waals surface area (Å²) < 4.78 is 61.3. The van der Waals surface area contributed by atoms with Gasteiger partial charge in [-0.1, -0.05) is 6.08 Å². The molecule has 1 aromatic carbocycles. The lowest BCUT2D eigenvalue weighted by Gasteiger charge is -2.50. The van der Waals surface area contributed by atoms with Crippen LogP contribution in [0.1, 0.15) is 56.0 Å². The maximum absolute atomic E-state index is 13.9. The normalized spacial score (nSPS) is 18.9. The Balaban J connectivity index is 2.07. The van der Waals surface area contributed by atoms with Gasteiger partial charge in [0.25, 0.3) is 0 Å². The summed E-state index contributed by atoms with van der Waals surface area (Å²) in [6.45, 7) is 5.42. The molecule has 1 aliphatic carbocycles. The van der Waals surface area contributed by atoms with Gasteiger partial charge in [-0.2, -0.15) is 0 Å². The van der Waals surface area contributed by atoms with Gasteiger partial charge in [0.05, 0.1) is 24.1 Å². The van der Waals surface area contributed by atoms with Crippen LogP contribution in [0.15, 0.2) is 24.3 Å². The molecule has 2 aliphatic rings. The van der Waals surface area contributed by atoms with Gasteiger partial charge in [-0.05, 0) is 45.4 Å². The van der Waals surface area contributed by atoms with Gasteiger partial charge in [0.15, 0.2) is 0 Å². The van der Waals surface area contributed by atoms with Crippen molar-refractivity contribution in [1.29, 1.82) is 0 Å². The lowest BCUT2D eigenvalue weighted by Crippen LogP contribution is -2.50. The highest BCUT2D eigenvalue weighted by molar-refractivity contribution is 7.90. The lowest BCUT2D eigenvalue weighted by atomic mass is 9.62. The zero-order valence-corrected chi connectivity index (χ0v) is 21.4. The van der Waals surface area contributed by atoms with Crippen LogP contribution in [-0.2, 0) is 19.3 Å². The summed E-state index contributed by atoms with van der Waals surface area (Å²) >= 11 is 0. The van der Waals surface area contributed by atoms with Crippen LogP contribution in [0.5, 0.6) is 0 Å². The summed E-state index contributed by atoms with van der Waals surface area (Å²) in [6, 6.07) is 4.59. The first-order chi connectivity index (χ1) is 16.0. The average Bonchev–Trinajstić information content (AvgIpc) is 2.69. The molecule has 0 bridgehead atoms. The number of carbonyl (C=O) groups is 2. The Morgan fingerprint density at radius 3 is 2.40 bits per heavy atom. The number of benzene rings is 1. The minimum absolute atomic E-state index is 0.0411. The first-order valence-electron chi connectivity index (χ1n) is 11.3. The highest BCUT2D eigenvalue weighted by atomic mass is 32.2. The van der Waals surface area contributed by atoms with E-state index in [1.807, 2.05) is 0 Å². The quantitative estimate of drug-likeness (QED) is 0.564. The number of ether oxygens (including phenoxy) is 2. The van der Waals surface area contributed by atoms with Crippen molar-refractivity contribution in [2.75, 3.05) is 37.5 Å². The van der Waals surface area contributed by atoms with Gasteiger partial charge in [-0.15, -0.1) is 0 Å². The number of nitrogens with one attached hydrogen (secondary N) is 1. The van der Waals surface area contributed by atoms with E-state index in [2.05, 4.69) is 5.32 Å². The number of anilines is 1. The summed E-state index contributed by atoms with van der Waals surface area (Å²) in [7, 11) is -2.03. The smallest absolute Gasteiger partial charge is 0.414 e. The molecule has 1 fully saturated rings. The van der Waals surface area contributed by atoms with Gasteiger partial charge in [-0.3, -0.25) is 4.90 Å². The number of halogens is 2. The van der Waals surface area contributed by atoms with Gasteiger partial charge < -0.3 is 14.8 Å². The minimum Gasteiger partial charge on any atom is -0.465 e. The molecule has 1 saturated carbocycles. The third kappa shape index (κ3) is 6.71. The molecule has 1 aromatic rings. The van der Waals surface area contributed by atoms with Crippen molar-refractivity contribution in [3.05, 3.63) is 35.4 Å². The van der Waals surface area contributed by atoms with Crippen molar-refractivity contribution >= 4 is 33.3 Å². The molecule has 0 atom stereocenters. The van der Waals surface area contributed by atoms with Crippen LogP contribution in [-0.4, -0.2) is 69.1 Å². The van der Waals surface area contributed by atoms with E-state index in [0.29, 0.717) is 23.4 Å². The standard InChI is InChI=1S/C24H32F2N2O6S/c1-22(2,3)34-21(30)28-10-8-23(14-24(25,26)15-23)13-19(28)17-7-6-16(20(29)33-4)12-18(17)27-9-11-35(5,31)32/h6-7,12-13,27H,8-11,14-15H2,1-5H3. The molecule has 1 aliphatic heterocycles. The molecule has 11 heteroatoms. The number of methoxy groups -OCH3 is 1. The van der Waals surface area contributed by atoms with Gasteiger partial charge in [0, 0.05) is 48.9 Å². The van der Waals surface area contributed by atoms with Crippen LogP contribution in [0.4, 0.5) is 19.3 Å². The van der Waals surface area contributed by atoms with E-state index in [9.17, 15) is 26.8 Å². The van der Waals surface area contributed by atoms with Crippen molar-refractivity contribution in [1.82, 2.24) is 4.90 Å². The number of hydrogen-bond donors (Lipinski definition) is 1. The summed E-state index contributed by atoms with van der Waals surface area (Å²) in [4.78, 5) is 26.6. The topological polar surface area (TPSA) is 102 Å². The molecule has 1 amide bonds. The zero-order valence-electron chi connectivity index (χ0n) is 20.6. The van der Waals surface area contributed by atoms with E-state index in [0.717, 1.165) is 6.26 Å². The summed E-state index contributed by atoms with van der Waals surface area (Å²) in [5, 5.41) is 3.02. The van der Waals surface area contributed by atoms with Gasteiger partial charge in [0.1, 0.15) is 15.4 Å². The molecule has 3 rings (SSSR count). The Morgan fingerprint density at radius 1 is 1.20 bits per heavy atom. The number of carbonyl (C=O) groups excluding carboxylic acids is 2. The maximum atomic E-state index is 13.9. The Bertz CT molecular complexity index is 1130. The molecule has 0 saturated heterocycles. The van der Waals surface area contributed by atoms with Crippen molar-refractivity contribution in [3.8, 4) is 0 Å². The monoisotopic (exact) mass is 514 g/mol. The summed E-state index contributed by atoms with van der Waals surface area (Å²) in [6.07, 6.45) is 1.90. The van der Waals surface area contributed by atoms with E-state index >= 15 is 0 Å². The number of alkyl halides is 2. The van der Waals surface area contributed by atoms with E-state index in [1.165, 1.54) is 24.1 Å². The van der Waals surface area contributed by atoms with Gasteiger partial charge in [-0.25, -0.2) is 26.8 Å². The molecule has 0 unspecified atom stereocenters. The van der Waals surface area contributed by atoms with Crippen LogP contribution in [0.25, 0.3) is 5.70 Å². The van der Waals surface area contributed by atoms with Crippen LogP contribution in [0, 0.1) is 5.41 Å². The zero-order chi connectivity index (χ0) is 26.2. The van der Waals surface area contributed by atoms with E-state index in [4.69, 9.17) is 9.47 Å². The molecule has 1 heterocycles. The number of amides is 1. The molecule has 1 N–H and O–H groups in total. The van der Waals surface area contributed by atoms with Crippen LogP contribution >= 0.6 is 0 Å². The van der Waals surface area contributed by atoms with Crippen LogP contribution in [0.2, 0.25) is 0 Å². The number of nitrogens with zero attached hydrogens (tertiary/aromatic N) is 1. The fourth-order valence-corrected chi connectivity index (χ4v) is 4.88. The van der Waals surface area contributed by atoms with Crippen molar-refractivity contribution < 1.29 is 36.3 Å². The van der Waals surface area contributed by atoms with Gasteiger partial charge in [0.2, 0.25) is 5.92 Å². The van der Waals surface area contributed by atoms with Gasteiger partial charge >= 0.3 is 12.1 Å². The Morgan fingerprint density at radius 2 is 1.86 bits per heavy atom. The molecule has 1 spiro atoms. The molecule has 8 nitrogen and oxygen atoms in total. The first-order valence-corrected chi connectivity index (χ1v) is 13.3. The van der Waals surface area contributed by atoms with Crippen molar-refractivity contribution in [2.45, 2.75) is 51.6 Å². The average molecular weight is 515 g/mol. The molecule has 35 heavy (non-hydrogen) atoms. The van der Waals surface area contributed by atoms with E-state index in [1.54, 1.807) is 32.9 Å². The Kier molecular flexibility index (Phi) is 7.23. The lowest BCUT2D eigenvalue weighted by molar-refractivity contribution is -0.146. The largest absolute Gasteiger partial charge is 0.465 e. The second-order valence-electron chi connectivity index (χ2n) is 10.3. The minimum atomic E-state index is -3.27. The molecule has 0 radical (unpaired) electrons. The predicted molar refractivity (Wildman–Crippen MR) is 128 cm³/mol. The SMILES string of the molecule is COC(=O)c1ccc(C2=CC3(CCN2C(=O)OC(C)(C)C)CC(F)(F)C3)c(NCCS(C)(=O)=O)c1. The summed E-state index contributed by atoms with van der Waals surface area (Å²) in [5.74, 6) is -3.53. The summed E-state index contributed by atoms with van der Waals surface area (Å²) in [5.41, 5.74) is -0.109. The molecular formula is C24H32F2N2O6S. The Labute approximate surface area is 204 Å². The van der Waals surface area contributed by atoms with Crippen molar-refractivity contribution in [2.24, 2.45) is 5.41 Å². The highest BCUT2D eigenvalue weighted by Gasteiger charge is 2.56. The molecule has 194 valence electrons. The first kappa shape index (κ1) is 26.9. The van der Waals surface area contributed by atoms with E-state index in [-0.39, 0.29) is 37.2 Å². The van der Waals surface area contributed by atoms with Crippen LogP contribution < -0.4 is 5.32 Å². The Hall–Kier alpha value is -2.69. The third-order valence-electron chi connectivity index (χ3n) is 5.91. The predicted octanol–water partition coefficient (Wildman–Crippen LogP) is 4.33. The van der Waals surface area contributed by atoms with Crippen LogP contribution in [0.3, 0.4) is 0 Å². The van der Waals surface area contributed by atoms with Crippen molar-refractivity contribution in [3.63, 3.8) is 0 Å². The third-order valence-corrected chi connectivity index (χ3v) is 6.85. The maximum Gasteiger partial charge on any atom is 0.414 e.